The molecule has 1 atom stereocenters. The van der Waals surface area contributed by atoms with Crippen molar-refractivity contribution >= 4 is 27.9 Å². The SMILES string of the molecule is Br.CCCCN1C=CN(CC)C1C.c1ccc2ncccc2c1. The number of fused-ring (bicyclic) bond motifs is 1. The fraction of sp³-hybridized carbons (Fsp3) is 0.421. The van der Waals surface area contributed by atoms with Crippen molar-refractivity contribution in [1.29, 1.82) is 0 Å². The van der Waals surface area contributed by atoms with Gasteiger partial charge < -0.3 is 9.80 Å². The topological polar surface area (TPSA) is 19.4 Å². The lowest BCUT2D eigenvalue weighted by Crippen LogP contribution is -2.36. The van der Waals surface area contributed by atoms with E-state index in [1.165, 1.54) is 24.8 Å². The normalized spacial score (nSPS) is 16.0. The van der Waals surface area contributed by atoms with Crippen molar-refractivity contribution in [1.82, 2.24) is 14.8 Å². The molecular formula is C19H28BrN3. The second kappa shape index (κ2) is 10.3. The monoisotopic (exact) mass is 377 g/mol. The third kappa shape index (κ3) is 5.54. The molecule has 4 heteroatoms. The Bertz CT molecular complexity index is 534. The fourth-order valence-corrected chi connectivity index (χ4v) is 2.60. The molecule has 1 unspecified atom stereocenters. The smallest absolute Gasteiger partial charge is 0.0977 e. The first-order chi connectivity index (χ1) is 10.8. The van der Waals surface area contributed by atoms with Gasteiger partial charge in [-0.1, -0.05) is 37.6 Å². The van der Waals surface area contributed by atoms with Crippen LogP contribution in [0.25, 0.3) is 10.9 Å². The molecule has 3 rings (SSSR count). The zero-order chi connectivity index (χ0) is 15.8. The van der Waals surface area contributed by atoms with Crippen LogP contribution in [0.15, 0.2) is 55.0 Å². The van der Waals surface area contributed by atoms with Crippen molar-refractivity contribution in [2.45, 2.75) is 39.8 Å². The van der Waals surface area contributed by atoms with Gasteiger partial charge in [-0.2, -0.15) is 0 Å². The first-order valence-corrected chi connectivity index (χ1v) is 8.25. The zero-order valence-electron chi connectivity index (χ0n) is 14.4. The molecule has 2 heterocycles. The Balaban J connectivity index is 0.000000223. The summed E-state index contributed by atoms with van der Waals surface area (Å²) < 4.78 is 0. The fourth-order valence-electron chi connectivity index (χ4n) is 2.60. The highest BCUT2D eigenvalue weighted by molar-refractivity contribution is 8.93. The van der Waals surface area contributed by atoms with E-state index in [2.05, 4.69) is 60.1 Å². The largest absolute Gasteiger partial charge is 0.357 e. The lowest BCUT2D eigenvalue weighted by Gasteiger charge is -2.28. The van der Waals surface area contributed by atoms with Crippen molar-refractivity contribution in [2.75, 3.05) is 13.1 Å². The molecule has 0 spiro atoms. The number of rotatable bonds is 4. The van der Waals surface area contributed by atoms with Crippen molar-refractivity contribution in [3.05, 3.63) is 55.0 Å². The van der Waals surface area contributed by atoms with Gasteiger partial charge in [0.25, 0.3) is 0 Å². The van der Waals surface area contributed by atoms with E-state index < -0.39 is 0 Å². The maximum atomic E-state index is 4.18. The predicted octanol–water partition coefficient (Wildman–Crippen LogP) is 5.05. The van der Waals surface area contributed by atoms with Gasteiger partial charge in [-0.05, 0) is 32.4 Å². The van der Waals surface area contributed by atoms with E-state index in [0.29, 0.717) is 6.17 Å². The highest BCUT2D eigenvalue weighted by atomic mass is 79.9. The van der Waals surface area contributed by atoms with Crippen molar-refractivity contribution in [3.63, 3.8) is 0 Å². The van der Waals surface area contributed by atoms with Gasteiger partial charge >= 0.3 is 0 Å². The maximum Gasteiger partial charge on any atom is 0.0977 e. The Hall–Kier alpha value is -1.55. The first kappa shape index (κ1) is 19.5. The summed E-state index contributed by atoms with van der Waals surface area (Å²) in [6.07, 6.45) is 9.36. The van der Waals surface area contributed by atoms with Gasteiger partial charge in [0.15, 0.2) is 0 Å². The lowest BCUT2D eigenvalue weighted by atomic mass is 10.2. The number of unbranched alkanes of at least 4 members (excludes halogenated alkanes) is 1. The summed E-state index contributed by atoms with van der Waals surface area (Å²) in [5, 5.41) is 1.20. The number of hydrogen-bond acceptors (Lipinski definition) is 3. The second-order valence-corrected chi connectivity index (χ2v) is 5.55. The molecule has 0 radical (unpaired) electrons. The third-order valence-corrected chi connectivity index (χ3v) is 4.06. The molecule has 0 N–H and O–H groups in total. The molecule has 1 aliphatic rings. The molecule has 0 bridgehead atoms. The summed E-state index contributed by atoms with van der Waals surface area (Å²) in [6, 6.07) is 12.1. The van der Waals surface area contributed by atoms with E-state index in [0.717, 1.165) is 12.1 Å². The summed E-state index contributed by atoms with van der Waals surface area (Å²) in [4.78, 5) is 8.95. The summed E-state index contributed by atoms with van der Waals surface area (Å²) in [7, 11) is 0. The number of halogens is 1. The quantitative estimate of drug-likeness (QED) is 0.742. The van der Waals surface area contributed by atoms with Crippen LogP contribution in [0.4, 0.5) is 0 Å². The highest BCUT2D eigenvalue weighted by Crippen LogP contribution is 2.15. The Morgan fingerprint density at radius 1 is 1.00 bits per heavy atom. The van der Waals surface area contributed by atoms with Crippen LogP contribution in [-0.4, -0.2) is 34.0 Å². The molecule has 23 heavy (non-hydrogen) atoms. The van der Waals surface area contributed by atoms with Gasteiger partial charge in [0.1, 0.15) is 0 Å². The first-order valence-electron chi connectivity index (χ1n) is 8.25. The van der Waals surface area contributed by atoms with Gasteiger partial charge in [-0.15, -0.1) is 17.0 Å². The Morgan fingerprint density at radius 3 is 2.35 bits per heavy atom. The molecule has 3 nitrogen and oxygen atoms in total. The number of hydrogen-bond donors (Lipinski definition) is 0. The van der Waals surface area contributed by atoms with E-state index in [4.69, 9.17) is 0 Å². The van der Waals surface area contributed by atoms with Crippen molar-refractivity contribution in [2.24, 2.45) is 0 Å². The minimum Gasteiger partial charge on any atom is -0.357 e. The van der Waals surface area contributed by atoms with E-state index >= 15 is 0 Å². The molecule has 2 aromatic rings. The molecule has 1 aliphatic heterocycles. The average Bonchev–Trinajstić information content (AvgIpc) is 2.93. The van der Waals surface area contributed by atoms with Gasteiger partial charge in [0.05, 0.1) is 11.7 Å². The summed E-state index contributed by atoms with van der Waals surface area (Å²) in [6.45, 7) is 9.01. The summed E-state index contributed by atoms with van der Waals surface area (Å²) in [5.41, 5.74) is 1.06. The van der Waals surface area contributed by atoms with Crippen LogP contribution in [0.3, 0.4) is 0 Å². The number of aromatic nitrogens is 1. The predicted molar refractivity (Wildman–Crippen MR) is 105 cm³/mol. The van der Waals surface area contributed by atoms with E-state index in [9.17, 15) is 0 Å². The summed E-state index contributed by atoms with van der Waals surface area (Å²) in [5.74, 6) is 0. The third-order valence-electron chi connectivity index (χ3n) is 4.06. The van der Waals surface area contributed by atoms with Gasteiger partial charge in [-0.25, -0.2) is 0 Å². The van der Waals surface area contributed by atoms with Gasteiger partial charge in [0.2, 0.25) is 0 Å². The van der Waals surface area contributed by atoms with Crippen LogP contribution in [0.1, 0.15) is 33.6 Å². The summed E-state index contributed by atoms with van der Waals surface area (Å²) >= 11 is 0. The molecule has 1 aromatic heterocycles. The highest BCUT2D eigenvalue weighted by Gasteiger charge is 2.18. The number of nitrogens with zero attached hydrogens (tertiary/aromatic N) is 3. The molecule has 0 fully saturated rings. The van der Waals surface area contributed by atoms with Crippen molar-refractivity contribution < 1.29 is 0 Å². The minimum atomic E-state index is 0. The van der Waals surface area contributed by atoms with E-state index in [1.807, 2.05) is 30.5 Å². The molecule has 0 saturated carbocycles. The van der Waals surface area contributed by atoms with Crippen LogP contribution in [0.2, 0.25) is 0 Å². The molecule has 0 saturated heterocycles. The molecule has 0 amide bonds. The van der Waals surface area contributed by atoms with Gasteiger partial charge in [0, 0.05) is 37.1 Å². The van der Waals surface area contributed by atoms with E-state index in [1.54, 1.807) is 0 Å². The number of para-hydroxylation sites is 1. The van der Waals surface area contributed by atoms with Crippen molar-refractivity contribution in [3.8, 4) is 0 Å². The van der Waals surface area contributed by atoms with E-state index in [-0.39, 0.29) is 17.0 Å². The second-order valence-electron chi connectivity index (χ2n) is 5.55. The molecule has 1 aromatic carbocycles. The number of benzene rings is 1. The average molecular weight is 378 g/mol. The lowest BCUT2D eigenvalue weighted by molar-refractivity contribution is 0.174. The Labute approximate surface area is 150 Å². The van der Waals surface area contributed by atoms with Crippen LogP contribution < -0.4 is 0 Å². The van der Waals surface area contributed by atoms with Gasteiger partial charge in [-0.3, -0.25) is 4.98 Å². The zero-order valence-corrected chi connectivity index (χ0v) is 16.1. The molecule has 0 aliphatic carbocycles. The molecule has 126 valence electrons. The van der Waals surface area contributed by atoms with Crippen LogP contribution in [0.5, 0.6) is 0 Å². The minimum absolute atomic E-state index is 0. The Kier molecular flexibility index (Phi) is 8.70. The maximum absolute atomic E-state index is 4.18. The van der Waals surface area contributed by atoms with Crippen LogP contribution in [0, 0.1) is 0 Å². The van der Waals surface area contributed by atoms with Crippen LogP contribution >= 0.6 is 17.0 Å². The standard InChI is InChI=1S/C10H20N2.C9H7N.BrH/c1-4-6-7-12-9-8-11(5-2)10(12)3;1-2-6-9-8(4-1)5-3-7-10-9;/h8-10H,4-7H2,1-3H3;1-7H;1H. The number of pyridine rings is 1. The molecular weight excluding hydrogens is 350 g/mol. The van der Waals surface area contributed by atoms with Crippen LogP contribution in [-0.2, 0) is 0 Å². The Morgan fingerprint density at radius 2 is 1.70 bits per heavy atom.